The lowest BCUT2D eigenvalue weighted by Crippen LogP contribution is -2.37. The zero-order valence-corrected chi connectivity index (χ0v) is 13.1. The van der Waals surface area contributed by atoms with Gasteiger partial charge in [-0.3, -0.25) is 14.4 Å². The molecule has 0 spiro atoms. The van der Waals surface area contributed by atoms with Crippen molar-refractivity contribution < 1.29 is 9.53 Å². The van der Waals surface area contributed by atoms with E-state index in [-0.39, 0.29) is 5.91 Å². The minimum atomic E-state index is -0.0239. The van der Waals surface area contributed by atoms with Gasteiger partial charge >= 0.3 is 0 Å². The van der Waals surface area contributed by atoms with Crippen molar-refractivity contribution >= 4 is 11.6 Å². The van der Waals surface area contributed by atoms with Crippen molar-refractivity contribution in [2.24, 2.45) is 7.05 Å². The molecule has 7 nitrogen and oxygen atoms in total. The molecule has 1 amide bonds. The number of carbonyl (C=O) groups is 1. The molecule has 2 N–H and O–H groups in total. The second kappa shape index (κ2) is 6.91. The molecule has 1 fully saturated rings. The number of anilines is 1. The fraction of sp³-hybridized carbons (Fsp3) is 0.714. The molecule has 1 aliphatic heterocycles. The fourth-order valence-corrected chi connectivity index (χ4v) is 2.70. The van der Waals surface area contributed by atoms with Crippen LogP contribution < -0.4 is 5.73 Å². The third-order valence-electron chi connectivity index (χ3n) is 3.96. The molecular formula is C14H25N5O2. The third-order valence-corrected chi connectivity index (χ3v) is 3.96. The lowest BCUT2D eigenvalue weighted by molar-refractivity contribution is 0.0749. The molecule has 0 bridgehead atoms. The summed E-state index contributed by atoms with van der Waals surface area (Å²) in [5, 5.41) is 4.22. The van der Waals surface area contributed by atoms with Crippen molar-refractivity contribution in [1.29, 1.82) is 0 Å². The largest absolute Gasteiger partial charge is 0.395 e. The molecule has 1 aromatic heterocycles. The Balaban J connectivity index is 2.03. The lowest BCUT2D eigenvalue weighted by atomic mass is 10.2. The molecule has 2 heterocycles. The quantitative estimate of drug-likeness (QED) is 0.853. The maximum Gasteiger partial charge on any atom is 0.274 e. The number of hydrogen-bond donors (Lipinski definition) is 1. The Bertz CT molecular complexity index is 500. The Morgan fingerprint density at radius 3 is 2.71 bits per heavy atom. The van der Waals surface area contributed by atoms with Crippen LogP contribution in [0.15, 0.2) is 0 Å². The summed E-state index contributed by atoms with van der Waals surface area (Å²) in [4.78, 5) is 16.9. The van der Waals surface area contributed by atoms with Gasteiger partial charge < -0.3 is 15.4 Å². The highest BCUT2D eigenvalue weighted by Crippen LogP contribution is 2.18. The highest BCUT2D eigenvalue weighted by atomic mass is 16.5. The van der Waals surface area contributed by atoms with Crippen LogP contribution in [0.3, 0.4) is 0 Å². The monoisotopic (exact) mass is 295 g/mol. The molecule has 0 aromatic carbocycles. The van der Waals surface area contributed by atoms with Gasteiger partial charge in [0, 0.05) is 40.3 Å². The van der Waals surface area contributed by atoms with E-state index in [1.165, 1.54) is 0 Å². The van der Waals surface area contributed by atoms with E-state index in [2.05, 4.69) is 10.00 Å². The maximum atomic E-state index is 12.7. The number of nitrogens with two attached hydrogens (primary N) is 1. The van der Waals surface area contributed by atoms with Crippen LogP contribution in [0.1, 0.15) is 22.6 Å². The molecule has 1 saturated heterocycles. The van der Waals surface area contributed by atoms with Gasteiger partial charge in [0.15, 0.2) is 0 Å². The third kappa shape index (κ3) is 3.54. The normalized spacial score (nSPS) is 17.0. The first-order chi connectivity index (χ1) is 10.0. The van der Waals surface area contributed by atoms with Gasteiger partial charge in [-0.15, -0.1) is 0 Å². The van der Waals surface area contributed by atoms with Crippen LogP contribution in [-0.4, -0.2) is 71.9 Å². The van der Waals surface area contributed by atoms with Crippen LogP contribution in [0.2, 0.25) is 0 Å². The highest BCUT2D eigenvalue weighted by Gasteiger charge is 2.25. The number of hydrogen-bond acceptors (Lipinski definition) is 5. The first-order valence-electron chi connectivity index (χ1n) is 7.34. The molecule has 0 radical (unpaired) electrons. The number of methoxy groups -OCH3 is 1. The van der Waals surface area contributed by atoms with Crippen LogP contribution in [0.4, 0.5) is 5.69 Å². The van der Waals surface area contributed by atoms with Crippen molar-refractivity contribution in [3.05, 3.63) is 11.4 Å². The van der Waals surface area contributed by atoms with Gasteiger partial charge in [-0.2, -0.15) is 5.10 Å². The van der Waals surface area contributed by atoms with Crippen molar-refractivity contribution in [3.63, 3.8) is 0 Å². The van der Waals surface area contributed by atoms with E-state index in [1.807, 2.05) is 11.8 Å². The van der Waals surface area contributed by atoms with Crippen LogP contribution in [-0.2, 0) is 11.8 Å². The molecule has 118 valence electrons. The van der Waals surface area contributed by atoms with E-state index < -0.39 is 0 Å². The predicted octanol–water partition coefficient (Wildman–Crippen LogP) is 0.105. The second-order valence-corrected chi connectivity index (χ2v) is 5.45. The molecule has 0 aliphatic carbocycles. The molecule has 0 saturated carbocycles. The number of nitrogen functional groups attached to an aromatic ring is 1. The first kappa shape index (κ1) is 15.8. The Hall–Kier alpha value is -1.60. The summed E-state index contributed by atoms with van der Waals surface area (Å²) >= 11 is 0. The zero-order valence-electron chi connectivity index (χ0n) is 13.1. The van der Waals surface area contributed by atoms with E-state index >= 15 is 0 Å². The summed E-state index contributed by atoms with van der Waals surface area (Å²) in [6, 6.07) is 0. The Kier molecular flexibility index (Phi) is 5.19. The standard InChI is InChI=1S/C14H25N5O2/c1-11-12(15)13(17(2)16-11)14(20)19-6-4-5-18(7-8-19)9-10-21-3/h4-10,15H2,1-3H3. The van der Waals surface area contributed by atoms with Crippen molar-refractivity contribution in [2.75, 3.05) is 52.2 Å². The van der Waals surface area contributed by atoms with Crippen LogP contribution >= 0.6 is 0 Å². The van der Waals surface area contributed by atoms with Gasteiger partial charge in [-0.1, -0.05) is 0 Å². The minimum Gasteiger partial charge on any atom is -0.395 e. The topological polar surface area (TPSA) is 76.6 Å². The van der Waals surface area contributed by atoms with Crippen LogP contribution in [0.5, 0.6) is 0 Å². The van der Waals surface area contributed by atoms with E-state index in [1.54, 1.807) is 18.8 Å². The minimum absolute atomic E-state index is 0.0239. The summed E-state index contributed by atoms with van der Waals surface area (Å²) in [5.74, 6) is -0.0239. The number of aromatic nitrogens is 2. The number of rotatable bonds is 4. The van der Waals surface area contributed by atoms with Gasteiger partial charge in [0.2, 0.25) is 0 Å². The number of nitrogens with zero attached hydrogens (tertiary/aromatic N) is 4. The molecule has 0 unspecified atom stereocenters. The first-order valence-corrected chi connectivity index (χ1v) is 7.34. The molecule has 0 atom stereocenters. The Labute approximate surface area is 125 Å². The van der Waals surface area contributed by atoms with Gasteiger partial charge in [0.1, 0.15) is 5.69 Å². The van der Waals surface area contributed by atoms with E-state index in [9.17, 15) is 4.79 Å². The zero-order chi connectivity index (χ0) is 15.4. The van der Waals surface area contributed by atoms with Crippen LogP contribution in [0.25, 0.3) is 0 Å². The fourth-order valence-electron chi connectivity index (χ4n) is 2.70. The smallest absolute Gasteiger partial charge is 0.274 e. The van der Waals surface area contributed by atoms with Crippen LogP contribution in [0, 0.1) is 6.92 Å². The summed E-state index contributed by atoms with van der Waals surface area (Å²) in [5.41, 5.74) is 7.68. The summed E-state index contributed by atoms with van der Waals surface area (Å²) in [6.45, 7) is 6.78. The lowest BCUT2D eigenvalue weighted by Gasteiger charge is -2.22. The number of aryl methyl sites for hydroxylation is 2. The Morgan fingerprint density at radius 1 is 1.33 bits per heavy atom. The highest BCUT2D eigenvalue weighted by molar-refractivity contribution is 5.98. The summed E-state index contributed by atoms with van der Waals surface area (Å²) in [6.07, 6.45) is 0.964. The number of ether oxygens (including phenoxy) is 1. The van der Waals surface area contributed by atoms with E-state index in [4.69, 9.17) is 10.5 Å². The van der Waals surface area contributed by atoms with E-state index in [0.717, 1.165) is 39.2 Å². The molecular weight excluding hydrogens is 270 g/mol. The molecule has 7 heteroatoms. The predicted molar refractivity (Wildman–Crippen MR) is 81.2 cm³/mol. The van der Waals surface area contributed by atoms with Gasteiger partial charge in [-0.25, -0.2) is 0 Å². The molecule has 1 aliphatic rings. The number of amides is 1. The van der Waals surface area contributed by atoms with Gasteiger partial charge in [-0.05, 0) is 19.9 Å². The summed E-state index contributed by atoms with van der Waals surface area (Å²) in [7, 11) is 3.47. The maximum absolute atomic E-state index is 12.7. The summed E-state index contributed by atoms with van der Waals surface area (Å²) < 4.78 is 6.70. The average Bonchev–Trinajstić information content (AvgIpc) is 2.64. The average molecular weight is 295 g/mol. The van der Waals surface area contributed by atoms with Gasteiger partial charge in [0.25, 0.3) is 5.91 Å². The molecule has 1 aromatic rings. The van der Waals surface area contributed by atoms with Gasteiger partial charge in [0.05, 0.1) is 18.0 Å². The van der Waals surface area contributed by atoms with Crippen molar-refractivity contribution in [2.45, 2.75) is 13.3 Å². The molecule has 2 rings (SSSR count). The van der Waals surface area contributed by atoms with E-state index in [0.29, 0.717) is 23.6 Å². The number of carbonyl (C=O) groups excluding carboxylic acids is 1. The Morgan fingerprint density at radius 2 is 2.10 bits per heavy atom. The van der Waals surface area contributed by atoms with Crippen molar-refractivity contribution in [1.82, 2.24) is 19.6 Å². The SMILES string of the molecule is COCCN1CCCN(C(=O)c2c(N)c(C)nn2C)CC1. The second-order valence-electron chi connectivity index (χ2n) is 5.45. The molecule has 21 heavy (non-hydrogen) atoms. The van der Waals surface area contributed by atoms with Crippen molar-refractivity contribution in [3.8, 4) is 0 Å².